The van der Waals surface area contributed by atoms with Crippen molar-refractivity contribution in [2.75, 3.05) is 13.2 Å². The van der Waals surface area contributed by atoms with E-state index in [0.717, 1.165) is 27.7 Å². The Balaban J connectivity index is 2.15. The van der Waals surface area contributed by atoms with Crippen molar-refractivity contribution in [1.29, 1.82) is 0 Å². The zero-order chi connectivity index (χ0) is 38.2. The molecule has 2 saturated heterocycles. The van der Waals surface area contributed by atoms with Gasteiger partial charge >= 0.3 is 41.8 Å². The van der Waals surface area contributed by atoms with Crippen LogP contribution in [0.25, 0.3) is 0 Å². The number of hydrogen-bond acceptors (Lipinski definition) is 16. The van der Waals surface area contributed by atoms with Crippen LogP contribution in [-0.4, -0.2) is 108 Å². The van der Waals surface area contributed by atoms with Crippen LogP contribution in [0.4, 0.5) is 0 Å². The van der Waals surface area contributed by atoms with Crippen LogP contribution >= 0.6 is 0 Å². The summed E-state index contributed by atoms with van der Waals surface area (Å²) in [4.78, 5) is 90.0. The summed E-state index contributed by atoms with van der Waals surface area (Å²) < 4.78 is 46.6. The molecule has 16 heteroatoms. The number of esters is 7. The topological polar surface area (TPSA) is 217 Å². The zero-order valence-electron chi connectivity index (χ0n) is 30.1. The third-order valence-electron chi connectivity index (χ3n) is 9.79. The smallest absolute Gasteiger partial charge is 0.312 e. The Labute approximate surface area is 295 Å². The van der Waals surface area contributed by atoms with Crippen molar-refractivity contribution in [3.63, 3.8) is 0 Å². The summed E-state index contributed by atoms with van der Waals surface area (Å²) in [7, 11) is 0. The van der Waals surface area contributed by atoms with Crippen molar-refractivity contribution in [2.24, 2.45) is 23.2 Å². The fourth-order valence-corrected chi connectivity index (χ4v) is 7.63. The number of carbonyl (C=O) groups is 7. The van der Waals surface area contributed by atoms with Crippen LogP contribution < -0.4 is 0 Å². The first-order chi connectivity index (χ1) is 23.7. The second-order valence-corrected chi connectivity index (χ2v) is 14.1. The highest BCUT2D eigenvalue weighted by molar-refractivity contribution is 5.78. The molecule has 1 N–H and O–H groups in total. The van der Waals surface area contributed by atoms with E-state index < -0.39 is 107 Å². The van der Waals surface area contributed by atoms with E-state index >= 15 is 0 Å². The molecule has 3 fully saturated rings. The number of carbonyl (C=O) groups excluding carboxylic acids is 7. The Kier molecular flexibility index (Phi) is 11.4. The number of rotatable bonds is 9. The monoisotopic (exact) mass is 722 g/mol. The molecule has 16 nitrogen and oxygen atoms in total. The van der Waals surface area contributed by atoms with E-state index in [0.29, 0.717) is 0 Å². The number of epoxide rings is 1. The predicted octanol–water partition coefficient (Wildman–Crippen LogP) is 1.43. The van der Waals surface area contributed by atoms with Crippen molar-refractivity contribution in [3.05, 3.63) is 23.8 Å². The summed E-state index contributed by atoms with van der Waals surface area (Å²) in [5.41, 5.74) is -5.91. The summed E-state index contributed by atoms with van der Waals surface area (Å²) in [6, 6.07) is 0. The maximum Gasteiger partial charge on any atom is 0.312 e. The predicted molar refractivity (Wildman–Crippen MR) is 170 cm³/mol. The summed E-state index contributed by atoms with van der Waals surface area (Å²) in [6.45, 7) is 11.3. The molecule has 0 amide bonds. The molecule has 0 aromatic rings. The molecule has 0 aromatic carbocycles. The van der Waals surface area contributed by atoms with Gasteiger partial charge in [0, 0.05) is 47.0 Å². The average molecular weight is 723 g/mol. The second-order valence-electron chi connectivity index (χ2n) is 14.1. The molecular weight excluding hydrogens is 676 g/mol. The molecule has 51 heavy (non-hydrogen) atoms. The van der Waals surface area contributed by atoms with Crippen molar-refractivity contribution < 1.29 is 76.6 Å². The normalized spacial score (nSPS) is 38.4. The SMILES string of the molecule is CC(=O)OCC1=C/[C@H]2OC(=O)[C@H](C)[C@]2(O)C(OC(C)=O)[C@H]2[C@@]3(CO3)[C@H](OC(C)=O)[C@H](OC(=O)CC(C)C)[C@H](OC(C)=O)[C@]2(C)[C@@H](OC(C)=O)\C=C\1. The van der Waals surface area contributed by atoms with Gasteiger partial charge in [0.25, 0.3) is 0 Å². The molecule has 1 unspecified atom stereocenters. The van der Waals surface area contributed by atoms with Crippen LogP contribution in [0.2, 0.25) is 0 Å². The van der Waals surface area contributed by atoms with E-state index in [-0.39, 0.29) is 31.1 Å². The molecule has 0 radical (unpaired) electrons. The highest BCUT2D eigenvalue weighted by atomic mass is 16.7. The third-order valence-corrected chi connectivity index (χ3v) is 9.79. The van der Waals surface area contributed by atoms with E-state index in [2.05, 4.69) is 0 Å². The molecule has 1 saturated carbocycles. The van der Waals surface area contributed by atoms with Crippen molar-refractivity contribution in [1.82, 2.24) is 0 Å². The maximum absolute atomic E-state index is 13.4. The van der Waals surface area contributed by atoms with Crippen molar-refractivity contribution in [2.45, 2.75) is 117 Å². The van der Waals surface area contributed by atoms with Gasteiger partial charge in [0.2, 0.25) is 0 Å². The summed E-state index contributed by atoms with van der Waals surface area (Å²) >= 11 is 0. The van der Waals surface area contributed by atoms with Gasteiger partial charge in [-0.25, -0.2) is 0 Å². The van der Waals surface area contributed by atoms with Crippen LogP contribution in [0.3, 0.4) is 0 Å². The quantitative estimate of drug-likeness (QED) is 0.202. The van der Waals surface area contributed by atoms with Gasteiger partial charge in [0.15, 0.2) is 30.0 Å². The lowest BCUT2D eigenvalue weighted by atomic mass is 9.51. The van der Waals surface area contributed by atoms with Gasteiger partial charge in [-0.1, -0.05) is 26.8 Å². The molecule has 0 bridgehead atoms. The van der Waals surface area contributed by atoms with Gasteiger partial charge < -0.3 is 43.0 Å². The first kappa shape index (κ1) is 39.5. The van der Waals surface area contributed by atoms with Crippen molar-refractivity contribution in [3.8, 4) is 0 Å². The largest absolute Gasteiger partial charge is 0.461 e. The molecule has 11 atom stereocenters. The Hall–Kier alpha value is -4.31. The fourth-order valence-electron chi connectivity index (χ4n) is 7.63. The Morgan fingerprint density at radius 2 is 1.41 bits per heavy atom. The molecule has 0 aromatic heterocycles. The molecule has 4 aliphatic rings. The molecule has 1 spiro atoms. The minimum absolute atomic E-state index is 0.0872. The maximum atomic E-state index is 13.4. The molecule has 4 rings (SSSR count). The van der Waals surface area contributed by atoms with Gasteiger partial charge in [-0.3, -0.25) is 33.6 Å². The summed E-state index contributed by atoms with van der Waals surface area (Å²) in [5.74, 6) is -8.76. The minimum Gasteiger partial charge on any atom is -0.461 e. The average Bonchev–Trinajstić information content (AvgIpc) is 3.75. The Bertz CT molecular complexity index is 1510. The van der Waals surface area contributed by atoms with Gasteiger partial charge in [-0.2, -0.15) is 0 Å². The fraction of sp³-hybridized carbons (Fsp3) is 0.686. The number of fused-ring (bicyclic) bond motifs is 3. The first-order valence-electron chi connectivity index (χ1n) is 16.7. The molecule has 2 aliphatic heterocycles. The van der Waals surface area contributed by atoms with Gasteiger partial charge in [0.05, 0.1) is 17.9 Å². The zero-order valence-corrected chi connectivity index (χ0v) is 30.1. The van der Waals surface area contributed by atoms with Gasteiger partial charge in [-0.05, 0) is 30.6 Å². The van der Waals surface area contributed by atoms with Crippen LogP contribution in [0.15, 0.2) is 23.8 Å². The summed E-state index contributed by atoms with van der Waals surface area (Å²) in [5, 5.41) is 12.8. The highest BCUT2D eigenvalue weighted by Crippen LogP contribution is 2.63. The van der Waals surface area contributed by atoms with Crippen LogP contribution in [0.1, 0.15) is 68.7 Å². The molecule has 282 valence electrons. The molecule has 2 heterocycles. The lowest BCUT2D eigenvalue weighted by molar-refractivity contribution is -0.279. The second kappa shape index (κ2) is 14.7. The minimum atomic E-state index is -2.43. The van der Waals surface area contributed by atoms with E-state index in [1.807, 2.05) is 0 Å². The Morgan fingerprint density at radius 1 is 0.863 bits per heavy atom. The van der Waals surface area contributed by atoms with Crippen LogP contribution in [0.5, 0.6) is 0 Å². The van der Waals surface area contributed by atoms with Crippen LogP contribution in [0, 0.1) is 23.2 Å². The molecular formula is C35H46O16. The number of ether oxygens (including phenoxy) is 8. The van der Waals surface area contributed by atoms with Gasteiger partial charge in [0.1, 0.15) is 24.4 Å². The third kappa shape index (κ3) is 7.66. The standard InChI is InChI=1S/C35H46O16/c1-16(2)12-26(41)51-27-29(47-20(6)38)33(9)24(46-19(5)37)11-10-23(14-44-18(4)36)13-25-35(43,17(3)32(42)50-25)31(49-22(8)40)28(33)34(15-45-34)30(27)48-21(7)39/h10-11,13,16-17,24-25,27-31,43H,12,14-15H2,1-9H3/b11-10+,23-13+/t17-,24-,25+,27+,28+,29-,30+,31?,33+,34-,35+/m0/s1. The lowest BCUT2D eigenvalue weighted by Gasteiger charge is -2.59. The van der Waals surface area contributed by atoms with E-state index in [4.69, 9.17) is 37.9 Å². The first-order valence-corrected chi connectivity index (χ1v) is 16.7. The number of hydrogen-bond donors (Lipinski definition) is 1. The van der Waals surface area contributed by atoms with Gasteiger partial charge in [-0.15, -0.1) is 0 Å². The van der Waals surface area contributed by atoms with E-state index in [1.165, 1.54) is 39.0 Å². The molecule has 2 aliphatic carbocycles. The lowest BCUT2D eigenvalue weighted by Crippen LogP contribution is -2.76. The van der Waals surface area contributed by atoms with E-state index in [1.54, 1.807) is 13.8 Å². The van der Waals surface area contributed by atoms with Crippen molar-refractivity contribution >= 4 is 41.8 Å². The number of aliphatic hydroxyl groups is 1. The Morgan fingerprint density at radius 3 is 1.92 bits per heavy atom. The van der Waals surface area contributed by atoms with Crippen LogP contribution in [-0.2, 0) is 71.5 Å². The highest BCUT2D eigenvalue weighted by Gasteiger charge is 2.81. The van der Waals surface area contributed by atoms with E-state index in [9.17, 15) is 38.7 Å². The summed E-state index contributed by atoms with van der Waals surface area (Å²) in [6.07, 6.45) is -5.58.